The van der Waals surface area contributed by atoms with Crippen molar-refractivity contribution in [1.29, 1.82) is 5.26 Å². The van der Waals surface area contributed by atoms with E-state index in [9.17, 15) is 4.79 Å². The minimum atomic E-state index is -0.244. The van der Waals surface area contributed by atoms with Gasteiger partial charge in [-0.1, -0.05) is 12.1 Å². The Morgan fingerprint density at radius 1 is 1.22 bits per heavy atom. The highest BCUT2D eigenvalue weighted by atomic mass is 32.1. The normalized spacial score (nSPS) is 10.1. The van der Waals surface area contributed by atoms with Gasteiger partial charge in [-0.25, -0.2) is 0 Å². The molecular weight excluding hydrogens is 310 g/mol. The minimum absolute atomic E-state index is 0.244. The van der Waals surface area contributed by atoms with Gasteiger partial charge in [0.1, 0.15) is 10.9 Å². The zero-order chi connectivity index (χ0) is 16.2. The average Bonchev–Trinajstić information content (AvgIpc) is 3.18. The van der Waals surface area contributed by atoms with E-state index in [1.807, 2.05) is 49.6 Å². The van der Waals surface area contributed by atoms with E-state index in [2.05, 4.69) is 15.7 Å². The number of nitriles is 1. The molecule has 3 aromatic rings. The molecule has 0 fully saturated rings. The molecule has 2 heterocycles. The molecule has 6 nitrogen and oxygen atoms in total. The highest BCUT2D eigenvalue weighted by Gasteiger charge is 2.12. The summed E-state index contributed by atoms with van der Waals surface area (Å²) in [5.74, 6) is 0.448. The van der Waals surface area contributed by atoms with E-state index >= 15 is 0 Å². The largest absolute Gasteiger partial charge is 0.337 e. The van der Waals surface area contributed by atoms with Gasteiger partial charge in [0.15, 0.2) is 5.82 Å². The Labute approximate surface area is 137 Å². The summed E-state index contributed by atoms with van der Waals surface area (Å²) < 4.78 is 1.69. The third kappa shape index (κ3) is 3.39. The van der Waals surface area contributed by atoms with Crippen LogP contribution >= 0.6 is 11.3 Å². The Morgan fingerprint density at radius 2 is 2.00 bits per heavy atom. The van der Waals surface area contributed by atoms with E-state index in [1.54, 1.807) is 16.8 Å². The van der Waals surface area contributed by atoms with Crippen molar-refractivity contribution >= 4 is 34.4 Å². The molecule has 0 spiro atoms. The van der Waals surface area contributed by atoms with Gasteiger partial charge in [-0.15, -0.1) is 11.3 Å². The number of amides is 1. The van der Waals surface area contributed by atoms with Crippen molar-refractivity contribution in [3.63, 3.8) is 0 Å². The second kappa shape index (κ2) is 6.34. The van der Waals surface area contributed by atoms with Crippen LogP contribution in [0.25, 0.3) is 0 Å². The summed E-state index contributed by atoms with van der Waals surface area (Å²) in [6.07, 6.45) is 1.83. The molecule has 0 bridgehead atoms. The molecule has 1 amide bonds. The molecule has 3 rings (SSSR count). The molecule has 0 aliphatic heterocycles. The Hall–Kier alpha value is -3.11. The lowest BCUT2D eigenvalue weighted by Crippen LogP contribution is -2.11. The summed E-state index contributed by atoms with van der Waals surface area (Å²) in [6.45, 7) is 0. The van der Waals surface area contributed by atoms with Gasteiger partial charge in [0.05, 0.1) is 16.3 Å². The third-order valence-corrected chi connectivity index (χ3v) is 4.08. The SMILES string of the molecule is Cn1ccc(Nc2ccccc2NC(=O)c2ccc(C#N)s2)n1. The fraction of sp³-hybridized carbons (Fsp3) is 0.0625. The van der Waals surface area contributed by atoms with Crippen LogP contribution in [0.2, 0.25) is 0 Å². The summed E-state index contributed by atoms with van der Waals surface area (Å²) in [6, 6.07) is 14.5. The van der Waals surface area contributed by atoms with Crippen LogP contribution in [0.5, 0.6) is 0 Å². The number of rotatable bonds is 4. The first kappa shape index (κ1) is 14.8. The standard InChI is InChI=1S/C16H13N5OS/c1-21-9-8-15(20-21)18-12-4-2-3-5-13(12)19-16(22)14-7-6-11(10-17)23-14/h2-9H,1H3,(H,18,20)(H,19,22). The Bertz CT molecular complexity index is 890. The summed E-state index contributed by atoms with van der Waals surface area (Å²) in [5.41, 5.74) is 1.40. The van der Waals surface area contributed by atoms with Gasteiger partial charge >= 0.3 is 0 Å². The summed E-state index contributed by atoms with van der Waals surface area (Å²) >= 11 is 1.16. The molecule has 23 heavy (non-hydrogen) atoms. The first-order valence-electron chi connectivity index (χ1n) is 6.83. The van der Waals surface area contributed by atoms with Gasteiger partial charge < -0.3 is 10.6 Å². The number of thiophene rings is 1. The Kier molecular flexibility index (Phi) is 4.08. The number of aromatic nitrogens is 2. The van der Waals surface area contributed by atoms with E-state index in [1.165, 1.54) is 0 Å². The van der Waals surface area contributed by atoms with Crippen LogP contribution in [0.3, 0.4) is 0 Å². The van der Waals surface area contributed by atoms with Gasteiger partial charge in [-0.3, -0.25) is 9.48 Å². The predicted molar refractivity (Wildman–Crippen MR) is 89.9 cm³/mol. The van der Waals surface area contributed by atoms with Crippen molar-refractivity contribution < 1.29 is 4.79 Å². The quantitative estimate of drug-likeness (QED) is 0.771. The minimum Gasteiger partial charge on any atom is -0.337 e. The summed E-state index contributed by atoms with van der Waals surface area (Å²) in [5, 5.41) is 19.1. The summed E-state index contributed by atoms with van der Waals surface area (Å²) in [4.78, 5) is 13.3. The van der Waals surface area contributed by atoms with Crippen LogP contribution in [0.4, 0.5) is 17.2 Å². The van der Waals surface area contributed by atoms with Gasteiger partial charge in [0.2, 0.25) is 0 Å². The highest BCUT2D eigenvalue weighted by Crippen LogP contribution is 2.26. The van der Waals surface area contributed by atoms with Crippen LogP contribution in [0.1, 0.15) is 14.5 Å². The smallest absolute Gasteiger partial charge is 0.265 e. The molecule has 1 aromatic carbocycles. The van der Waals surface area contributed by atoms with Gasteiger partial charge in [-0.2, -0.15) is 10.4 Å². The Balaban J connectivity index is 1.80. The fourth-order valence-electron chi connectivity index (χ4n) is 2.02. The van der Waals surface area contributed by atoms with Crippen molar-refractivity contribution in [2.45, 2.75) is 0 Å². The Morgan fingerprint density at radius 3 is 2.65 bits per heavy atom. The van der Waals surface area contributed by atoms with Gasteiger partial charge in [-0.05, 0) is 24.3 Å². The van der Waals surface area contributed by atoms with Gasteiger partial charge in [0.25, 0.3) is 5.91 Å². The van der Waals surface area contributed by atoms with Crippen LogP contribution in [-0.2, 0) is 7.05 Å². The molecule has 0 saturated carbocycles. The molecule has 0 radical (unpaired) electrons. The van der Waals surface area contributed by atoms with Gasteiger partial charge in [0, 0.05) is 19.3 Å². The van der Waals surface area contributed by atoms with E-state index < -0.39 is 0 Å². The zero-order valence-corrected chi connectivity index (χ0v) is 13.1. The fourth-order valence-corrected chi connectivity index (χ4v) is 2.72. The third-order valence-electron chi connectivity index (χ3n) is 3.09. The maximum Gasteiger partial charge on any atom is 0.265 e. The predicted octanol–water partition coefficient (Wildman–Crippen LogP) is 3.35. The van der Waals surface area contributed by atoms with Crippen molar-refractivity contribution in [2.75, 3.05) is 10.6 Å². The number of para-hydroxylation sites is 2. The molecule has 7 heteroatoms. The molecule has 0 saturated heterocycles. The first-order valence-corrected chi connectivity index (χ1v) is 7.64. The molecule has 2 aromatic heterocycles. The molecule has 114 valence electrons. The lowest BCUT2D eigenvalue weighted by atomic mass is 10.2. The number of hydrogen-bond donors (Lipinski definition) is 2. The van der Waals surface area contributed by atoms with Crippen LogP contribution in [0.15, 0.2) is 48.7 Å². The molecule has 2 N–H and O–H groups in total. The van der Waals surface area contributed by atoms with E-state index in [0.29, 0.717) is 21.3 Å². The van der Waals surface area contributed by atoms with Crippen LogP contribution in [-0.4, -0.2) is 15.7 Å². The molecule has 0 atom stereocenters. The molecule has 0 unspecified atom stereocenters. The monoisotopic (exact) mass is 323 g/mol. The van der Waals surface area contributed by atoms with E-state index in [4.69, 9.17) is 5.26 Å². The summed E-state index contributed by atoms with van der Waals surface area (Å²) in [7, 11) is 1.84. The van der Waals surface area contributed by atoms with Crippen LogP contribution in [0, 0.1) is 11.3 Å². The second-order valence-electron chi connectivity index (χ2n) is 4.78. The second-order valence-corrected chi connectivity index (χ2v) is 5.86. The van der Waals surface area contributed by atoms with E-state index in [0.717, 1.165) is 17.0 Å². The van der Waals surface area contributed by atoms with Crippen molar-refractivity contribution in [1.82, 2.24) is 9.78 Å². The molecular formula is C16H13N5OS. The number of anilines is 3. The van der Waals surface area contributed by atoms with Crippen molar-refractivity contribution in [2.24, 2.45) is 7.05 Å². The first-order chi connectivity index (χ1) is 11.2. The van der Waals surface area contributed by atoms with Crippen molar-refractivity contribution in [3.05, 3.63) is 58.4 Å². The topological polar surface area (TPSA) is 82.7 Å². The van der Waals surface area contributed by atoms with Crippen LogP contribution < -0.4 is 10.6 Å². The number of carbonyl (C=O) groups is 1. The lowest BCUT2D eigenvalue weighted by Gasteiger charge is -2.11. The number of hydrogen-bond acceptors (Lipinski definition) is 5. The number of nitrogens with zero attached hydrogens (tertiary/aromatic N) is 3. The van der Waals surface area contributed by atoms with Crippen molar-refractivity contribution in [3.8, 4) is 6.07 Å². The maximum absolute atomic E-state index is 12.3. The molecule has 0 aliphatic rings. The zero-order valence-electron chi connectivity index (χ0n) is 12.3. The van der Waals surface area contributed by atoms with E-state index in [-0.39, 0.29) is 5.91 Å². The number of benzene rings is 1. The highest BCUT2D eigenvalue weighted by molar-refractivity contribution is 7.14. The maximum atomic E-state index is 12.3. The lowest BCUT2D eigenvalue weighted by molar-refractivity contribution is 0.103. The number of nitrogens with one attached hydrogen (secondary N) is 2. The molecule has 0 aliphatic carbocycles. The number of aryl methyl sites for hydroxylation is 1. The average molecular weight is 323 g/mol. The number of carbonyl (C=O) groups excluding carboxylic acids is 1.